The van der Waals surface area contributed by atoms with E-state index in [1.54, 1.807) is 6.08 Å². The van der Waals surface area contributed by atoms with Gasteiger partial charge in [0.2, 0.25) is 13.9 Å². The summed E-state index contributed by atoms with van der Waals surface area (Å²) in [6.07, 6.45) is 5.51. The molecule has 0 aromatic heterocycles. The molecule has 0 saturated carbocycles. The van der Waals surface area contributed by atoms with Crippen molar-refractivity contribution in [3.05, 3.63) is 42.0 Å². The van der Waals surface area contributed by atoms with Gasteiger partial charge in [0.25, 0.3) is 0 Å². The summed E-state index contributed by atoms with van der Waals surface area (Å²) in [5, 5.41) is 0. The van der Waals surface area contributed by atoms with E-state index < -0.39 is 0 Å². The number of piperidine rings is 1. The lowest BCUT2D eigenvalue weighted by molar-refractivity contribution is -0.124. The Morgan fingerprint density at radius 1 is 1.42 bits per heavy atom. The Morgan fingerprint density at radius 2 is 2.21 bits per heavy atom. The van der Waals surface area contributed by atoms with E-state index in [-0.39, 0.29) is 17.6 Å². The highest BCUT2D eigenvalue weighted by atomic mass is 16.5. The van der Waals surface area contributed by atoms with E-state index in [0.29, 0.717) is 6.04 Å². The van der Waals surface area contributed by atoms with Gasteiger partial charge >= 0.3 is 0 Å². The van der Waals surface area contributed by atoms with Crippen molar-refractivity contribution in [2.24, 2.45) is 0 Å². The Bertz CT molecular complexity index is 646. The predicted octanol–water partition coefficient (Wildman–Crippen LogP) is 2.68. The Balaban J connectivity index is 1.66. The van der Waals surface area contributed by atoms with Crippen LogP contribution in [0.4, 0.5) is 0 Å². The summed E-state index contributed by atoms with van der Waals surface area (Å²) in [7, 11) is 6.00. The third kappa shape index (κ3) is 3.36. The second-order valence-corrected chi connectivity index (χ2v) is 7.23. The van der Waals surface area contributed by atoms with Crippen LogP contribution in [0.2, 0.25) is 0 Å². The summed E-state index contributed by atoms with van der Waals surface area (Å²) in [5.41, 5.74) is 0.953. The SMILES string of the molecule is [B]N1C(=O)C=C[C@]12CCN(Cc1cccc(OC(C)C)c1)[C@@H](C)C2. The average molecular weight is 324 g/mol. The van der Waals surface area contributed by atoms with E-state index in [1.807, 2.05) is 32.1 Å². The molecule has 0 aliphatic carbocycles. The van der Waals surface area contributed by atoms with E-state index in [1.165, 1.54) is 10.4 Å². The van der Waals surface area contributed by atoms with Crippen LogP contribution in [0.3, 0.4) is 0 Å². The number of carbonyl (C=O) groups excluding carboxylic acids is 1. The van der Waals surface area contributed by atoms with Crippen molar-refractivity contribution in [1.29, 1.82) is 0 Å². The van der Waals surface area contributed by atoms with Crippen LogP contribution in [0, 0.1) is 0 Å². The van der Waals surface area contributed by atoms with Gasteiger partial charge in [0.1, 0.15) is 5.75 Å². The maximum atomic E-state index is 11.7. The molecular weight excluding hydrogens is 299 g/mol. The van der Waals surface area contributed by atoms with E-state index in [0.717, 1.165) is 31.7 Å². The number of amides is 1. The zero-order valence-corrected chi connectivity index (χ0v) is 14.7. The standard InChI is InChI=1S/C19H25BN2O2/c1-14(2)24-17-6-4-5-16(11-17)13-21-10-9-19(12-15(21)3)8-7-18(23)22(19)20/h4-8,11,14-15H,9-10,12-13H2,1-3H3/t15-,19+/m0/s1. The van der Waals surface area contributed by atoms with Crippen molar-refractivity contribution in [3.8, 4) is 5.75 Å². The molecule has 1 amide bonds. The first-order valence-corrected chi connectivity index (χ1v) is 8.67. The first-order chi connectivity index (χ1) is 11.4. The number of hydrogen-bond donors (Lipinski definition) is 0. The third-order valence-corrected chi connectivity index (χ3v) is 5.01. The summed E-state index contributed by atoms with van der Waals surface area (Å²) in [6.45, 7) is 8.08. The van der Waals surface area contributed by atoms with Crippen molar-refractivity contribution in [3.63, 3.8) is 0 Å². The monoisotopic (exact) mass is 324 g/mol. The third-order valence-electron chi connectivity index (χ3n) is 5.01. The summed E-state index contributed by atoms with van der Waals surface area (Å²) < 4.78 is 5.78. The van der Waals surface area contributed by atoms with E-state index in [9.17, 15) is 4.79 Å². The van der Waals surface area contributed by atoms with Crippen molar-refractivity contribution in [2.75, 3.05) is 6.54 Å². The van der Waals surface area contributed by atoms with Crippen LogP contribution in [-0.2, 0) is 11.3 Å². The Hall–Kier alpha value is -1.75. The number of ether oxygens (including phenoxy) is 1. The fourth-order valence-electron chi connectivity index (χ4n) is 3.74. The minimum absolute atomic E-state index is 0.0887. The van der Waals surface area contributed by atoms with Crippen LogP contribution in [0.5, 0.6) is 5.75 Å². The van der Waals surface area contributed by atoms with Gasteiger partial charge in [-0.05, 0) is 51.3 Å². The van der Waals surface area contributed by atoms with Crippen LogP contribution < -0.4 is 4.74 Å². The molecule has 2 heterocycles. The number of rotatable bonds is 4. The molecule has 5 heteroatoms. The lowest BCUT2D eigenvalue weighted by atomic mass is 9.81. The summed E-state index contributed by atoms with van der Waals surface area (Å²) in [5.74, 6) is 0.829. The van der Waals surface area contributed by atoms with Crippen molar-refractivity contribution in [2.45, 2.75) is 57.8 Å². The molecule has 24 heavy (non-hydrogen) atoms. The number of benzene rings is 1. The van der Waals surface area contributed by atoms with Gasteiger partial charge in [-0.2, -0.15) is 0 Å². The smallest absolute Gasteiger partial charge is 0.234 e. The number of carbonyl (C=O) groups is 1. The number of likely N-dealkylation sites (tertiary alicyclic amines) is 1. The molecule has 2 atom stereocenters. The maximum absolute atomic E-state index is 11.7. The van der Waals surface area contributed by atoms with Gasteiger partial charge in [0, 0.05) is 25.2 Å². The van der Waals surface area contributed by atoms with Crippen LogP contribution in [0.15, 0.2) is 36.4 Å². The van der Waals surface area contributed by atoms with Crippen LogP contribution in [0.1, 0.15) is 39.2 Å². The highest BCUT2D eigenvalue weighted by Crippen LogP contribution is 2.36. The van der Waals surface area contributed by atoms with Crippen LogP contribution >= 0.6 is 0 Å². The fourth-order valence-corrected chi connectivity index (χ4v) is 3.74. The topological polar surface area (TPSA) is 32.8 Å². The van der Waals surface area contributed by atoms with Crippen molar-refractivity contribution < 1.29 is 9.53 Å². The van der Waals surface area contributed by atoms with Gasteiger partial charge in [0.05, 0.1) is 11.6 Å². The lowest BCUT2D eigenvalue weighted by Gasteiger charge is -2.47. The van der Waals surface area contributed by atoms with E-state index >= 15 is 0 Å². The predicted molar refractivity (Wildman–Crippen MR) is 95.8 cm³/mol. The summed E-state index contributed by atoms with van der Waals surface area (Å²) in [4.78, 5) is 15.6. The molecule has 1 spiro atoms. The van der Waals surface area contributed by atoms with Gasteiger partial charge in [-0.15, -0.1) is 0 Å². The minimum atomic E-state index is -0.296. The first-order valence-electron chi connectivity index (χ1n) is 8.67. The minimum Gasteiger partial charge on any atom is -0.491 e. The molecule has 0 unspecified atom stereocenters. The second-order valence-electron chi connectivity index (χ2n) is 7.23. The molecule has 3 rings (SSSR count). The molecule has 126 valence electrons. The second kappa shape index (κ2) is 6.63. The zero-order chi connectivity index (χ0) is 17.3. The molecular formula is C19H25BN2O2. The molecule has 1 aromatic rings. The fraction of sp³-hybridized carbons (Fsp3) is 0.526. The van der Waals surface area contributed by atoms with Crippen molar-refractivity contribution in [1.82, 2.24) is 9.71 Å². The van der Waals surface area contributed by atoms with Gasteiger partial charge in [-0.3, -0.25) is 9.69 Å². The molecule has 4 nitrogen and oxygen atoms in total. The van der Waals surface area contributed by atoms with E-state index in [2.05, 4.69) is 24.0 Å². The van der Waals surface area contributed by atoms with E-state index in [4.69, 9.17) is 12.7 Å². The highest BCUT2D eigenvalue weighted by Gasteiger charge is 2.43. The lowest BCUT2D eigenvalue weighted by Crippen LogP contribution is -2.55. The maximum Gasteiger partial charge on any atom is 0.234 e. The van der Waals surface area contributed by atoms with Crippen molar-refractivity contribution >= 4 is 13.9 Å². The molecule has 1 fully saturated rings. The Labute approximate surface area is 145 Å². The normalized spacial score (nSPS) is 27.4. The quantitative estimate of drug-likeness (QED) is 0.799. The van der Waals surface area contributed by atoms with Gasteiger partial charge in [-0.1, -0.05) is 18.2 Å². The molecule has 0 bridgehead atoms. The largest absolute Gasteiger partial charge is 0.491 e. The molecule has 1 aromatic carbocycles. The average Bonchev–Trinajstić information content (AvgIpc) is 2.79. The molecule has 2 aliphatic heterocycles. The van der Waals surface area contributed by atoms with Gasteiger partial charge in [-0.25, -0.2) is 0 Å². The summed E-state index contributed by atoms with van der Waals surface area (Å²) in [6, 6.07) is 8.65. The molecule has 2 aliphatic rings. The Morgan fingerprint density at radius 3 is 2.83 bits per heavy atom. The van der Waals surface area contributed by atoms with Crippen LogP contribution in [-0.4, -0.2) is 47.8 Å². The molecule has 0 N–H and O–H groups in total. The zero-order valence-electron chi connectivity index (χ0n) is 14.7. The highest BCUT2D eigenvalue weighted by molar-refractivity contribution is 6.18. The van der Waals surface area contributed by atoms with Gasteiger partial charge in [0.15, 0.2) is 0 Å². The number of hydrogen-bond acceptors (Lipinski definition) is 3. The number of nitrogens with zero attached hydrogens (tertiary/aromatic N) is 2. The first kappa shape index (κ1) is 17.1. The van der Waals surface area contributed by atoms with Crippen LogP contribution in [0.25, 0.3) is 0 Å². The summed E-state index contributed by atoms with van der Waals surface area (Å²) >= 11 is 0. The molecule has 2 radical (unpaired) electrons. The molecule has 1 saturated heterocycles. The van der Waals surface area contributed by atoms with Gasteiger partial charge < -0.3 is 9.55 Å². The Kier molecular flexibility index (Phi) is 4.72.